The van der Waals surface area contributed by atoms with Crippen LogP contribution in [0.4, 0.5) is 5.82 Å². The molecule has 1 aromatic rings. The summed E-state index contributed by atoms with van der Waals surface area (Å²) in [6, 6.07) is 2.55. The fourth-order valence-corrected chi connectivity index (χ4v) is 3.14. The molecule has 1 rings (SSSR count). The van der Waals surface area contributed by atoms with Crippen LogP contribution in [-0.4, -0.2) is 55.5 Å². The van der Waals surface area contributed by atoms with Gasteiger partial charge in [-0.05, 0) is 26.0 Å². The van der Waals surface area contributed by atoms with Crippen molar-refractivity contribution >= 4 is 21.8 Å². The van der Waals surface area contributed by atoms with Gasteiger partial charge >= 0.3 is 5.97 Å². The maximum Gasteiger partial charge on any atom is 0.318 e. The molecule has 0 amide bonds. The van der Waals surface area contributed by atoms with E-state index in [1.54, 1.807) is 38.9 Å². The average Bonchev–Trinajstić information content (AvgIpc) is 2.35. The van der Waals surface area contributed by atoms with Gasteiger partial charge in [-0.25, -0.2) is 13.4 Å². The van der Waals surface area contributed by atoms with Crippen molar-refractivity contribution in [3.05, 3.63) is 18.3 Å². The highest BCUT2D eigenvalue weighted by Crippen LogP contribution is 2.19. The first kappa shape index (κ1) is 16.4. The van der Waals surface area contributed by atoms with E-state index in [0.29, 0.717) is 5.82 Å². The maximum absolute atomic E-state index is 12.4. The van der Waals surface area contributed by atoms with Gasteiger partial charge in [0.2, 0.25) is 10.0 Å². The fourth-order valence-electron chi connectivity index (χ4n) is 1.60. The molecule has 0 aliphatic rings. The Bertz CT molecular complexity index is 567. The second-order valence-corrected chi connectivity index (χ2v) is 6.67. The number of carbonyl (C=O) groups is 1. The molecule has 0 fully saturated rings. The SMILES string of the molecule is CC(C)N(CC(=O)O)S(=O)(=O)c1ccc(N(C)C)nc1. The largest absolute Gasteiger partial charge is 0.480 e. The first-order chi connectivity index (χ1) is 9.16. The van der Waals surface area contributed by atoms with Crippen molar-refractivity contribution in [1.29, 1.82) is 0 Å². The molecule has 20 heavy (non-hydrogen) atoms. The normalized spacial score (nSPS) is 11.9. The lowest BCUT2D eigenvalue weighted by molar-refractivity contribution is -0.137. The van der Waals surface area contributed by atoms with E-state index in [-0.39, 0.29) is 4.90 Å². The van der Waals surface area contributed by atoms with Crippen LogP contribution in [0.3, 0.4) is 0 Å². The van der Waals surface area contributed by atoms with Crippen molar-refractivity contribution < 1.29 is 18.3 Å². The molecular formula is C12H19N3O4S. The van der Waals surface area contributed by atoms with Crippen LogP contribution in [0.25, 0.3) is 0 Å². The van der Waals surface area contributed by atoms with E-state index < -0.39 is 28.6 Å². The highest BCUT2D eigenvalue weighted by molar-refractivity contribution is 7.89. The van der Waals surface area contributed by atoms with Gasteiger partial charge in [0, 0.05) is 26.3 Å². The summed E-state index contributed by atoms with van der Waals surface area (Å²) in [5.41, 5.74) is 0. The topological polar surface area (TPSA) is 90.8 Å². The summed E-state index contributed by atoms with van der Waals surface area (Å²) in [7, 11) is -0.280. The van der Waals surface area contributed by atoms with Gasteiger partial charge < -0.3 is 10.0 Å². The van der Waals surface area contributed by atoms with Crippen LogP contribution in [-0.2, 0) is 14.8 Å². The molecule has 0 aliphatic heterocycles. The standard InChI is InChI=1S/C12H19N3O4S/c1-9(2)15(8-12(16)17)20(18,19)10-5-6-11(13-7-10)14(3)4/h5-7,9H,8H2,1-4H3,(H,16,17). The monoisotopic (exact) mass is 301 g/mol. The molecule has 0 aliphatic carbocycles. The van der Waals surface area contributed by atoms with Crippen LogP contribution in [0, 0.1) is 0 Å². The molecule has 1 N–H and O–H groups in total. The number of sulfonamides is 1. The zero-order valence-corrected chi connectivity index (χ0v) is 12.8. The van der Waals surface area contributed by atoms with Crippen molar-refractivity contribution in [3.8, 4) is 0 Å². The maximum atomic E-state index is 12.4. The predicted molar refractivity (Wildman–Crippen MR) is 75.2 cm³/mol. The molecule has 0 saturated heterocycles. The van der Waals surface area contributed by atoms with Crippen molar-refractivity contribution in [2.24, 2.45) is 0 Å². The van der Waals surface area contributed by atoms with Crippen LogP contribution >= 0.6 is 0 Å². The van der Waals surface area contributed by atoms with E-state index in [9.17, 15) is 13.2 Å². The Labute approximate surface area is 118 Å². The molecule has 1 heterocycles. The highest BCUT2D eigenvalue weighted by atomic mass is 32.2. The lowest BCUT2D eigenvalue weighted by atomic mass is 10.4. The zero-order valence-electron chi connectivity index (χ0n) is 11.9. The van der Waals surface area contributed by atoms with E-state index in [4.69, 9.17) is 5.11 Å². The number of hydrogen-bond donors (Lipinski definition) is 1. The Morgan fingerprint density at radius 3 is 2.30 bits per heavy atom. The van der Waals surface area contributed by atoms with Gasteiger partial charge in [-0.3, -0.25) is 4.79 Å². The quantitative estimate of drug-likeness (QED) is 0.829. The van der Waals surface area contributed by atoms with Crippen LogP contribution in [0.5, 0.6) is 0 Å². The lowest BCUT2D eigenvalue weighted by Crippen LogP contribution is -2.40. The smallest absolute Gasteiger partial charge is 0.318 e. The summed E-state index contributed by atoms with van der Waals surface area (Å²) < 4.78 is 25.7. The van der Waals surface area contributed by atoms with Gasteiger partial charge in [-0.2, -0.15) is 4.31 Å². The Morgan fingerprint density at radius 1 is 1.35 bits per heavy atom. The number of aromatic nitrogens is 1. The third kappa shape index (κ3) is 3.67. The van der Waals surface area contributed by atoms with Crippen LogP contribution in [0.1, 0.15) is 13.8 Å². The molecule has 0 bridgehead atoms. The van der Waals surface area contributed by atoms with Crippen molar-refractivity contribution in [2.75, 3.05) is 25.5 Å². The third-order valence-electron chi connectivity index (χ3n) is 2.65. The molecule has 8 heteroatoms. The van der Waals surface area contributed by atoms with Crippen molar-refractivity contribution in [3.63, 3.8) is 0 Å². The van der Waals surface area contributed by atoms with Gasteiger partial charge in [0.25, 0.3) is 0 Å². The van der Waals surface area contributed by atoms with E-state index >= 15 is 0 Å². The van der Waals surface area contributed by atoms with Gasteiger partial charge in [0.05, 0.1) is 0 Å². The third-order valence-corrected chi connectivity index (χ3v) is 4.66. The second kappa shape index (κ2) is 6.19. The van der Waals surface area contributed by atoms with Gasteiger partial charge in [0.15, 0.2) is 0 Å². The number of rotatable bonds is 6. The minimum atomic E-state index is -3.87. The summed E-state index contributed by atoms with van der Waals surface area (Å²) in [5, 5.41) is 8.83. The summed E-state index contributed by atoms with van der Waals surface area (Å²) in [6.07, 6.45) is 1.24. The summed E-state index contributed by atoms with van der Waals surface area (Å²) in [4.78, 5) is 16.6. The Hall–Kier alpha value is -1.67. The van der Waals surface area contributed by atoms with Crippen molar-refractivity contribution in [1.82, 2.24) is 9.29 Å². The lowest BCUT2D eigenvalue weighted by Gasteiger charge is -2.24. The predicted octanol–water partition coefficient (Wildman–Crippen LogP) is 0.631. The molecule has 0 unspecified atom stereocenters. The fraction of sp³-hybridized carbons (Fsp3) is 0.500. The summed E-state index contributed by atoms with van der Waals surface area (Å²) in [6.45, 7) is 2.68. The number of hydrogen-bond acceptors (Lipinski definition) is 5. The molecule has 7 nitrogen and oxygen atoms in total. The Morgan fingerprint density at radius 2 is 1.95 bits per heavy atom. The van der Waals surface area contributed by atoms with E-state index in [1.165, 1.54) is 12.3 Å². The molecule has 0 atom stereocenters. The second-order valence-electron chi connectivity index (χ2n) is 4.78. The molecular weight excluding hydrogens is 282 g/mol. The number of nitrogens with zero attached hydrogens (tertiary/aromatic N) is 3. The number of carboxylic acid groups (broad SMARTS) is 1. The van der Waals surface area contributed by atoms with Gasteiger partial charge in [0.1, 0.15) is 17.3 Å². The molecule has 112 valence electrons. The molecule has 0 radical (unpaired) electrons. The Kier molecular flexibility index (Phi) is 5.07. The minimum absolute atomic E-state index is 0.0157. The molecule has 0 aromatic carbocycles. The number of aliphatic carboxylic acids is 1. The van der Waals surface area contributed by atoms with Crippen LogP contribution in [0.2, 0.25) is 0 Å². The summed E-state index contributed by atoms with van der Waals surface area (Å²) in [5.74, 6) is -0.571. The first-order valence-corrected chi connectivity index (χ1v) is 7.47. The number of anilines is 1. The van der Waals surface area contributed by atoms with Gasteiger partial charge in [-0.15, -0.1) is 0 Å². The molecule has 1 aromatic heterocycles. The summed E-state index contributed by atoms with van der Waals surface area (Å²) >= 11 is 0. The molecule has 0 spiro atoms. The van der Waals surface area contributed by atoms with Crippen molar-refractivity contribution in [2.45, 2.75) is 24.8 Å². The first-order valence-electron chi connectivity index (χ1n) is 6.03. The number of pyridine rings is 1. The van der Waals surface area contributed by atoms with E-state index in [2.05, 4.69) is 4.98 Å². The van der Waals surface area contributed by atoms with Crippen LogP contribution in [0.15, 0.2) is 23.2 Å². The average molecular weight is 301 g/mol. The highest BCUT2D eigenvalue weighted by Gasteiger charge is 2.29. The van der Waals surface area contributed by atoms with E-state index in [0.717, 1.165) is 4.31 Å². The Balaban J connectivity index is 3.16. The molecule has 0 saturated carbocycles. The minimum Gasteiger partial charge on any atom is -0.480 e. The van der Waals surface area contributed by atoms with Gasteiger partial charge in [-0.1, -0.05) is 0 Å². The number of carboxylic acids is 1. The zero-order chi connectivity index (χ0) is 15.5. The van der Waals surface area contributed by atoms with E-state index in [1.807, 2.05) is 0 Å². The van der Waals surface area contributed by atoms with Crippen LogP contribution < -0.4 is 4.90 Å².